The Balaban J connectivity index is 2.24. The molecule has 0 fully saturated rings. The van der Waals surface area contributed by atoms with Crippen LogP contribution in [-0.2, 0) is 6.54 Å². The third-order valence-corrected chi connectivity index (χ3v) is 3.03. The largest absolute Gasteiger partial charge is 0.496 e. The van der Waals surface area contributed by atoms with Crippen LogP contribution in [0, 0.1) is 0 Å². The molecule has 1 aromatic carbocycles. The van der Waals surface area contributed by atoms with Crippen LogP contribution in [0.15, 0.2) is 29.0 Å². The first-order chi connectivity index (χ1) is 8.60. The lowest BCUT2D eigenvalue weighted by Crippen LogP contribution is -2.09. The number of nitrogens with zero attached hydrogens (tertiary/aromatic N) is 3. The molecule has 1 atom stereocenters. The lowest BCUT2D eigenvalue weighted by Gasteiger charge is -2.08. The number of nitrogens with two attached hydrogens (primary N) is 1. The van der Waals surface area contributed by atoms with Crippen LogP contribution in [0.1, 0.15) is 24.4 Å². The SMILES string of the molecule is COc1ccc(Br)cc1Cn1cnc(C(C)N)n1. The van der Waals surface area contributed by atoms with E-state index in [2.05, 4.69) is 26.0 Å². The quantitative estimate of drug-likeness (QED) is 0.939. The molecular formula is C12H15BrN4O. The van der Waals surface area contributed by atoms with Crippen molar-refractivity contribution in [2.24, 2.45) is 5.73 Å². The summed E-state index contributed by atoms with van der Waals surface area (Å²) < 4.78 is 8.08. The molecule has 18 heavy (non-hydrogen) atoms. The topological polar surface area (TPSA) is 66.0 Å². The number of aromatic nitrogens is 3. The number of rotatable bonds is 4. The highest BCUT2D eigenvalue weighted by molar-refractivity contribution is 9.10. The van der Waals surface area contributed by atoms with Gasteiger partial charge >= 0.3 is 0 Å². The van der Waals surface area contributed by atoms with E-state index in [4.69, 9.17) is 10.5 Å². The average Bonchev–Trinajstić information content (AvgIpc) is 2.78. The van der Waals surface area contributed by atoms with E-state index >= 15 is 0 Å². The molecule has 0 aliphatic carbocycles. The first kappa shape index (κ1) is 13.0. The lowest BCUT2D eigenvalue weighted by atomic mass is 10.2. The Morgan fingerprint density at radius 2 is 2.28 bits per heavy atom. The van der Waals surface area contributed by atoms with E-state index in [0.29, 0.717) is 12.4 Å². The minimum atomic E-state index is -0.157. The molecule has 0 spiro atoms. The van der Waals surface area contributed by atoms with E-state index in [0.717, 1.165) is 15.8 Å². The Morgan fingerprint density at radius 1 is 1.50 bits per heavy atom. The molecule has 1 aromatic heterocycles. The fourth-order valence-corrected chi connectivity index (χ4v) is 2.05. The van der Waals surface area contributed by atoms with Gasteiger partial charge in [-0.1, -0.05) is 15.9 Å². The van der Waals surface area contributed by atoms with Gasteiger partial charge in [-0.05, 0) is 25.1 Å². The maximum Gasteiger partial charge on any atom is 0.166 e. The summed E-state index contributed by atoms with van der Waals surface area (Å²) in [6.07, 6.45) is 1.68. The molecule has 2 aromatic rings. The van der Waals surface area contributed by atoms with Gasteiger partial charge in [0.2, 0.25) is 0 Å². The second kappa shape index (κ2) is 5.49. The zero-order chi connectivity index (χ0) is 13.1. The molecular weight excluding hydrogens is 296 g/mol. The van der Waals surface area contributed by atoms with Crippen molar-refractivity contribution in [2.45, 2.75) is 19.5 Å². The second-order valence-electron chi connectivity index (χ2n) is 4.05. The highest BCUT2D eigenvalue weighted by Gasteiger charge is 2.08. The van der Waals surface area contributed by atoms with Crippen LogP contribution in [0.5, 0.6) is 5.75 Å². The highest BCUT2D eigenvalue weighted by Crippen LogP contribution is 2.23. The third-order valence-electron chi connectivity index (χ3n) is 2.54. The van der Waals surface area contributed by atoms with Crippen molar-refractivity contribution in [1.29, 1.82) is 0 Å². The predicted molar refractivity (Wildman–Crippen MR) is 72.4 cm³/mol. The van der Waals surface area contributed by atoms with Crippen LogP contribution in [0.4, 0.5) is 0 Å². The van der Waals surface area contributed by atoms with Gasteiger partial charge in [0.1, 0.15) is 12.1 Å². The summed E-state index contributed by atoms with van der Waals surface area (Å²) in [5.74, 6) is 1.47. The molecule has 2 N–H and O–H groups in total. The van der Waals surface area contributed by atoms with Crippen molar-refractivity contribution in [3.8, 4) is 5.75 Å². The fourth-order valence-electron chi connectivity index (χ4n) is 1.64. The van der Waals surface area contributed by atoms with Crippen LogP contribution in [-0.4, -0.2) is 21.9 Å². The maximum atomic E-state index is 5.73. The number of ether oxygens (including phenoxy) is 1. The molecule has 0 saturated heterocycles. The third kappa shape index (κ3) is 2.88. The number of hydrogen-bond acceptors (Lipinski definition) is 4. The number of methoxy groups -OCH3 is 1. The molecule has 6 heteroatoms. The van der Waals surface area contributed by atoms with Crippen molar-refractivity contribution >= 4 is 15.9 Å². The summed E-state index contributed by atoms with van der Waals surface area (Å²) in [4.78, 5) is 4.16. The zero-order valence-electron chi connectivity index (χ0n) is 10.3. The summed E-state index contributed by atoms with van der Waals surface area (Å²) in [5.41, 5.74) is 6.77. The summed E-state index contributed by atoms with van der Waals surface area (Å²) in [7, 11) is 1.65. The Bertz CT molecular complexity index is 539. The molecule has 0 amide bonds. The summed E-state index contributed by atoms with van der Waals surface area (Å²) in [6, 6.07) is 5.71. The molecule has 0 bridgehead atoms. The second-order valence-corrected chi connectivity index (χ2v) is 4.96. The summed E-state index contributed by atoms with van der Waals surface area (Å²) in [6.45, 7) is 2.46. The Labute approximate surface area is 114 Å². The van der Waals surface area contributed by atoms with Gasteiger partial charge in [-0.3, -0.25) is 0 Å². The normalized spacial score (nSPS) is 12.4. The Morgan fingerprint density at radius 3 is 2.89 bits per heavy atom. The maximum absolute atomic E-state index is 5.73. The highest BCUT2D eigenvalue weighted by atomic mass is 79.9. The van der Waals surface area contributed by atoms with E-state index in [-0.39, 0.29) is 6.04 Å². The van der Waals surface area contributed by atoms with E-state index in [1.807, 2.05) is 25.1 Å². The van der Waals surface area contributed by atoms with Gasteiger partial charge in [0.25, 0.3) is 0 Å². The Kier molecular flexibility index (Phi) is 3.98. The van der Waals surface area contributed by atoms with Gasteiger partial charge in [0, 0.05) is 10.0 Å². The molecule has 0 radical (unpaired) electrons. The molecule has 5 nitrogen and oxygen atoms in total. The molecule has 1 unspecified atom stereocenters. The van der Waals surface area contributed by atoms with Crippen molar-refractivity contribution in [3.63, 3.8) is 0 Å². The van der Waals surface area contributed by atoms with Gasteiger partial charge in [-0.2, -0.15) is 5.10 Å². The van der Waals surface area contributed by atoms with Crippen molar-refractivity contribution in [1.82, 2.24) is 14.8 Å². The van der Waals surface area contributed by atoms with Gasteiger partial charge < -0.3 is 10.5 Å². The molecule has 2 rings (SSSR count). The summed E-state index contributed by atoms with van der Waals surface area (Å²) in [5, 5.41) is 4.32. The van der Waals surface area contributed by atoms with E-state index in [9.17, 15) is 0 Å². The van der Waals surface area contributed by atoms with Crippen LogP contribution < -0.4 is 10.5 Å². The molecule has 0 aliphatic rings. The average molecular weight is 311 g/mol. The van der Waals surface area contributed by atoms with Crippen molar-refractivity contribution in [3.05, 3.63) is 40.4 Å². The molecule has 0 saturated carbocycles. The minimum Gasteiger partial charge on any atom is -0.496 e. The van der Waals surface area contributed by atoms with Crippen LogP contribution in [0.2, 0.25) is 0 Å². The minimum absolute atomic E-state index is 0.157. The van der Waals surface area contributed by atoms with Gasteiger partial charge in [-0.15, -0.1) is 0 Å². The van der Waals surface area contributed by atoms with Gasteiger partial charge in [0.15, 0.2) is 5.82 Å². The van der Waals surface area contributed by atoms with E-state index in [1.165, 1.54) is 0 Å². The Hall–Kier alpha value is -1.40. The molecule has 96 valence electrons. The van der Waals surface area contributed by atoms with Crippen molar-refractivity contribution < 1.29 is 4.74 Å². The van der Waals surface area contributed by atoms with Crippen molar-refractivity contribution in [2.75, 3.05) is 7.11 Å². The van der Waals surface area contributed by atoms with Crippen LogP contribution >= 0.6 is 15.9 Å². The van der Waals surface area contributed by atoms with E-state index in [1.54, 1.807) is 18.1 Å². The first-order valence-corrected chi connectivity index (χ1v) is 6.37. The smallest absolute Gasteiger partial charge is 0.166 e. The van der Waals surface area contributed by atoms with Crippen LogP contribution in [0.3, 0.4) is 0 Å². The standard InChI is InChI=1S/C12H15BrN4O/c1-8(14)12-15-7-17(16-12)6-9-5-10(13)3-4-11(9)18-2/h3-5,7-8H,6,14H2,1-2H3. The van der Waals surface area contributed by atoms with Gasteiger partial charge in [-0.25, -0.2) is 9.67 Å². The monoisotopic (exact) mass is 310 g/mol. The number of benzene rings is 1. The zero-order valence-corrected chi connectivity index (χ0v) is 11.9. The summed E-state index contributed by atoms with van der Waals surface area (Å²) >= 11 is 3.45. The fraction of sp³-hybridized carbons (Fsp3) is 0.333. The number of hydrogen-bond donors (Lipinski definition) is 1. The first-order valence-electron chi connectivity index (χ1n) is 5.57. The number of halogens is 1. The molecule has 1 heterocycles. The van der Waals surface area contributed by atoms with E-state index < -0.39 is 0 Å². The lowest BCUT2D eigenvalue weighted by molar-refractivity contribution is 0.407. The predicted octanol–water partition coefficient (Wildman–Crippen LogP) is 2.12. The van der Waals surface area contributed by atoms with Gasteiger partial charge in [0.05, 0.1) is 19.7 Å². The molecule has 0 aliphatic heterocycles. The van der Waals surface area contributed by atoms with Crippen LogP contribution in [0.25, 0.3) is 0 Å².